The molecule has 0 spiro atoms. The Hall–Kier alpha value is -3.83. The highest BCUT2D eigenvalue weighted by atomic mass is 32.1. The van der Waals surface area contributed by atoms with E-state index in [4.69, 9.17) is 20.4 Å². The summed E-state index contributed by atoms with van der Waals surface area (Å²) in [5.41, 5.74) is 9.41. The summed E-state index contributed by atoms with van der Waals surface area (Å²) < 4.78 is 8.63. The number of nitrogens with two attached hydrogens (primary N) is 1. The highest BCUT2D eigenvalue weighted by Gasteiger charge is 2.26. The summed E-state index contributed by atoms with van der Waals surface area (Å²) in [6.45, 7) is 6.88. The Bertz CT molecular complexity index is 1490. The molecule has 39 heavy (non-hydrogen) atoms. The number of carbonyl (C=O) groups is 2. The number of thiophene rings is 1. The maximum atomic E-state index is 12.7. The van der Waals surface area contributed by atoms with Crippen molar-refractivity contribution in [3.05, 3.63) is 41.1 Å². The summed E-state index contributed by atoms with van der Waals surface area (Å²) in [7, 11) is 0. The van der Waals surface area contributed by atoms with E-state index in [0.29, 0.717) is 63.5 Å². The average molecular weight is 547 g/mol. The van der Waals surface area contributed by atoms with Crippen molar-refractivity contribution in [2.75, 3.05) is 38.6 Å². The molecule has 2 aliphatic rings. The van der Waals surface area contributed by atoms with Crippen molar-refractivity contribution in [1.82, 2.24) is 24.8 Å². The van der Waals surface area contributed by atoms with E-state index < -0.39 is 0 Å². The standard InChI is InChI=1S/C28H32N7O3S/c1-18(2)14-21(36)4-3-5-24(37)34-8-6-19(7-9-34)23-15-22-25(39-23)27(35-10-12-38-13-11-35)33-26(32-22)20-16-30-28(29)31-17-20/h6,10,14-17H,3-5,7-9,11-13H2,1-2H3,(H2,29,30,31)/q+1. The molecule has 0 aliphatic carbocycles. The first-order valence-corrected chi connectivity index (χ1v) is 13.9. The second-order valence-corrected chi connectivity index (χ2v) is 10.9. The first-order valence-electron chi connectivity index (χ1n) is 13.1. The molecular weight excluding hydrogens is 514 g/mol. The van der Waals surface area contributed by atoms with Crippen molar-refractivity contribution in [3.8, 4) is 11.4 Å². The number of nitrogen functional groups attached to an aromatic ring is 1. The number of fused-ring (bicyclic) bond motifs is 1. The molecule has 0 bridgehead atoms. The van der Waals surface area contributed by atoms with Gasteiger partial charge < -0.3 is 15.4 Å². The number of aromatic nitrogens is 4. The quantitative estimate of drug-likeness (QED) is 0.334. The largest absolute Gasteiger partial charge is 0.370 e. The first-order chi connectivity index (χ1) is 18.9. The van der Waals surface area contributed by atoms with Crippen LogP contribution in [0.1, 0.15) is 44.4 Å². The maximum absolute atomic E-state index is 12.7. The van der Waals surface area contributed by atoms with Gasteiger partial charge in [0.25, 0.3) is 5.82 Å². The molecule has 2 aliphatic heterocycles. The molecule has 0 aromatic carbocycles. The van der Waals surface area contributed by atoms with Crippen LogP contribution in [0.3, 0.4) is 0 Å². The van der Waals surface area contributed by atoms with Gasteiger partial charge in [-0.25, -0.2) is 19.5 Å². The van der Waals surface area contributed by atoms with E-state index in [1.807, 2.05) is 25.0 Å². The van der Waals surface area contributed by atoms with Gasteiger partial charge in [0, 0.05) is 43.2 Å². The lowest BCUT2D eigenvalue weighted by molar-refractivity contribution is -0.452. The van der Waals surface area contributed by atoms with Crippen LogP contribution in [0, 0.1) is 0 Å². The zero-order valence-electron chi connectivity index (χ0n) is 22.2. The number of ketones is 1. The van der Waals surface area contributed by atoms with E-state index >= 15 is 0 Å². The highest BCUT2D eigenvalue weighted by molar-refractivity contribution is 7.20. The number of carbonyl (C=O) groups excluding carboxylic acids is 2. The van der Waals surface area contributed by atoms with Gasteiger partial charge >= 0.3 is 5.82 Å². The fourth-order valence-electron chi connectivity index (χ4n) is 4.61. The number of nitrogens with zero attached hydrogens (tertiary/aromatic N) is 6. The van der Waals surface area contributed by atoms with Crippen molar-refractivity contribution in [2.24, 2.45) is 0 Å². The minimum absolute atomic E-state index is 0.0811. The molecule has 0 saturated carbocycles. The molecule has 0 unspecified atom stereocenters. The molecule has 0 atom stereocenters. The predicted octanol–water partition coefficient (Wildman–Crippen LogP) is 3.80. The number of hydrogen-bond acceptors (Lipinski definition) is 9. The molecule has 5 rings (SSSR count). The van der Waals surface area contributed by atoms with Gasteiger partial charge in [0.2, 0.25) is 11.9 Å². The summed E-state index contributed by atoms with van der Waals surface area (Å²) in [6, 6.07) is 2.10. The molecule has 202 valence electrons. The summed E-state index contributed by atoms with van der Waals surface area (Å²) >= 11 is 1.67. The Kier molecular flexibility index (Phi) is 8.18. The molecule has 5 heterocycles. The lowest BCUT2D eigenvalue weighted by Crippen LogP contribution is -2.34. The fraction of sp³-hybridized carbons (Fsp3) is 0.393. The molecule has 3 aromatic heterocycles. The minimum Gasteiger partial charge on any atom is -0.370 e. The number of amides is 1. The van der Waals surface area contributed by atoms with Crippen molar-refractivity contribution < 1.29 is 18.9 Å². The van der Waals surface area contributed by atoms with Gasteiger partial charge in [-0.05, 0) is 49.4 Å². The lowest BCUT2D eigenvalue weighted by Gasteiger charge is -2.26. The average Bonchev–Trinajstić information content (AvgIpc) is 3.37. The maximum Gasteiger partial charge on any atom is 0.345 e. The van der Waals surface area contributed by atoms with Gasteiger partial charge in [0.05, 0.1) is 23.9 Å². The summed E-state index contributed by atoms with van der Waals surface area (Å²) in [6.07, 6.45) is 11.2. The highest BCUT2D eigenvalue weighted by Crippen LogP contribution is 2.38. The Labute approximate surface area is 231 Å². The van der Waals surface area contributed by atoms with Crippen LogP contribution in [0.15, 0.2) is 36.2 Å². The Morgan fingerprint density at radius 3 is 2.72 bits per heavy atom. The molecular formula is C28H32N7O3S+. The summed E-state index contributed by atoms with van der Waals surface area (Å²) in [5.74, 6) is 1.76. The zero-order valence-corrected chi connectivity index (χ0v) is 23.0. The van der Waals surface area contributed by atoms with Gasteiger partial charge in [0.1, 0.15) is 17.9 Å². The molecule has 3 aromatic rings. The van der Waals surface area contributed by atoms with Crippen molar-refractivity contribution in [3.63, 3.8) is 0 Å². The Morgan fingerprint density at radius 2 is 2.03 bits per heavy atom. The minimum atomic E-state index is 0.0811. The van der Waals surface area contributed by atoms with Crippen LogP contribution in [-0.2, 0) is 14.3 Å². The topological polar surface area (TPSA) is 127 Å². The fourth-order valence-corrected chi connectivity index (χ4v) is 5.78. The number of allylic oxidation sites excluding steroid dienone is 2. The van der Waals surface area contributed by atoms with Crippen molar-refractivity contribution in [1.29, 1.82) is 0 Å². The lowest BCUT2D eigenvalue weighted by atomic mass is 10.1. The van der Waals surface area contributed by atoms with Crippen LogP contribution in [0.4, 0.5) is 11.8 Å². The Balaban J connectivity index is 1.35. The van der Waals surface area contributed by atoms with E-state index in [0.717, 1.165) is 32.9 Å². The second kappa shape index (κ2) is 11.9. The van der Waals surface area contributed by atoms with Crippen LogP contribution in [0.25, 0.3) is 27.2 Å². The van der Waals surface area contributed by atoms with E-state index in [2.05, 4.69) is 26.7 Å². The third-order valence-electron chi connectivity index (χ3n) is 6.59. The van der Waals surface area contributed by atoms with E-state index in [9.17, 15) is 9.59 Å². The van der Waals surface area contributed by atoms with E-state index in [1.165, 1.54) is 5.57 Å². The number of anilines is 1. The second-order valence-electron chi connectivity index (χ2n) is 9.84. The summed E-state index contributed by atoms with van der Waals surface area (Å²) in [4.78, 5) is 45.5. The van der Waals surface area contributed by atoms with Crippen LogP contribution in [-0.4, -0.2) is 80.2 Å². The third-order valence-corrected chi connectivity index (χ3v) is 7.78. The van der Waals surface area contributed by atoms with Gasteiger partial charge in [-0.3, -0.25) is 9.59 Å². The molecule has 2 N–H and O–H groups in total. The smallest absolute Gasteiger partial charge is 0.345 e. The molecule has 0 fully saturated rings. The number of ether oxygens (including phenoxy) is 1. The SMILES string of the molecule is CC(C)=CC(=O)CCCC(=O)N1CC=C(c2cc3nc(-c4cnc(N)nc4)nc([N+]4=CCOCC4)c3s2)CC1. The molecule has 10 nitrogen and oxygen atoms in total. The third kappa shape index (κ3) is 6.43. The van der Waals surface area contributed by atoms with E-state index in [-0.39, 0.29) is 17.6 Å². The molecule has 11 heteroatoms. The van der Waals surface area contributed by atoms with Crippen molar-refractivity contribution in [2.45, 2.75) is 39.5 Å². The number of hydrogen-bond donors (Lipinski definition) is 1. The van der Waals surface area contributed by atoms with Gasteiger partial charge in [-0.1, -0.05) is 11.6 Å². The van der Waals surface area contributed by atoms with Crippen LogP contribution in [0.2, 0.25) is 0 Å². The zero-order chi connectivity index (χ0) is 27.4. The molecule has 1 amide bonds. The van der Waals surface area contributed by atoms with Crippen LogP contribution >= 0.6 is 11.3 Å². The Morgan fingerprint density at radius 1 is 1.21 bits per heavy atom. The predicted molar refractivity (Wildman–Crippen MR) is 152 cm³/mol. The monoisotopic (exact) mass is 546 g/mol. The van der Waals surface area contributed by atoms with Gasteiger partial charge in [-0.2, -0.15) is 0 Å². The van der Waals surface area contributed by atoms with Gasteiger partial charge in [0.15, 0.2) is 5.78 Å². The number of rotatable bonds is 8. The van der Waals surface area contributed by atoms with Crippen molar-refractivity contribution >= 4 is 56.8 Å². The van der Waals surface area contributed by atoms with Crippen LogP contribution in [0.5, 0.6) is 0 Å². The molecule has 0 radical (unpaired) electrons. The van der Waals surface area contributed by atoms with Gasteiger partial charge in [-0.15, -0.1) is 11.3 Å². The molecule has 0 saturated heterocycles. The first kappa shape index (κ1) is 26.8. The summed E-state index contributed by atoms with van der Waals surface area (Å²) in [5, 5.41) is 0. The van der Waals surface area contributed by atoms with Crippen LogP contribution < -0.4 is 5.73 Å². The normalized spacial score (nSPS) is 15.6. The van der Waals surface area contributed by atoms with E-state index in [1.54, 1.807) is 29.8 Å².